The van der Waals surface area contributed by atoms with Crippen molar-refractivity contribution < 1.29 is 24.5 Å². The van der Waals surface area contributed by atoms with Crippen molar-refractivity contribution in [2.24, 2.45) is 0 Å². The molecule has 1 aliphatic rings. The molecule has 0 saturated heterocycles. The molecule has 0 aliphatic heterocycles. The molecule has 0 amide bonds. The highest BCUT2D eigenvalue weighted by molar-refractivity contribution is 6.30. The Morgan fingerprint density at radius 2 is 1.76 bits per heavy atom. The number of halogens is 1. The number of ketones is 1. The molecule has 1 fully saturated rings. The van der Waals surface area contributed by atoms with E-state index in [-0.39, 0.29) is 23.0 Å². The van der Waals surface area contributed by atoms with E-state index >= 15 is 0 Å². The summed E-state index contributed by atoms with van der Waals surface area (Å²) in [7, 11) is 2.93. The van der Waals surface area contributed by atoms with Crippen LogP contribution in [-0.2, 0) is 0 Å². The Labute approximate surface area is 175 Å². The van der Waals surface area contributed by atoms with Gasteiger partial charge in [0, 0.05) is 22.6 Å². The molecular weight excluding hydrogens is 392 g/mol. The summed E-state index contributed by atoms with van der Waals surface area (Å²) in [6, 6.07) is 8.65. The van der Waals surface area contributed by atoms with Crippen molar-refractivity contribution in [2.75, 3.05) is 14.2 Å². The highest BCUT2D eigenvalue weighted by atomic mass is 35.5. The van der Waals surface area contributed by atoms with Crippen LogP contribution in [0.25, 0.3) is 6.08 Å². The monoisotopic (exact) mass is 416 g/mol. The summed E-state index contributed by atoms with van der Waals surface area (Å²) in [6.07, 6.45) is 5.68. The summed E-state index contributed by atoms with van der Waals surface area (Å²) in [5.74, 6) is -0.263. The first-order valence-corrected chi connectivity index (χ1v) is 9.98. The number of ether oxygens (including phenoxy) is 2. The first kappa shape index (κ1) is 21.2. The number of methoxy groups -OCH3 is 2. The van der Waals surface area contributed by atoms with Gasteiger partial charge in [0.2, 0.25) is 0 Å². The second-order valence-corrected chi connectivity index (χ2v) is 7.56. The van der Waals surface area contributed by atoms with Crippen LogP contribution in [0.4, 0.5) is 0 Å². The minimum absolute atomic E-state index is 0.0614. The SMILES string of the molecule is COc1cc(OC)c([C@@H]2CCCC[C@H]2O)c(O)c1C(=O)/C=C/c1ccc(Cl)cc1. The zero-order valence-electron chi connectivity index (χ0n) is 16.5. The van der Waals surface area contributed by atoms with Crippen molar-refractivity contribution in [3.05, 3.63) is 58.1 Å². The van der Waals surface area contributed by atoms with Crippen LogP contribution in [0, 0.1) is 0 Å². The Balaban J connectivity index is 2.03. The van der Waals surface area contributed by atoms with Gasteiger partial charge in [0.05, 0.1) is 20.3 Å². The van der Waals surface area contributed by atoms with Crippen LogP contribution in [-0.4, -0.2) is 36.3 Å². The van der Waals surface area contributed by atoms with Crippen molar-refractivity contribution in [1.29, 1.82) is 0 Å². The molecule has 2 N–H and O–H groups in total. The molecule has 5 nitrogen and oxygen atoms in total. The number of aliphatic hydroxyl groups excluding tert-OH is 1. The van der Waals surface area contributed by atoms with Gasteiger partial charge in [0.1, 0.15) is 22.8 Å². The lowest BCUT2D eigenvalue weighted by Crippen LogP contribution is -2.23. The van der Waals surface area contributed by atoms with Crippen LogP contribution in [0.1, 0.15) is 53.1 Å². The summed E-state index contributed by atoms with van der Waals surface area (Å²) >= 11 is 5.89. The third-order valence-corrected chi connectivity index (χ3v) is 5.60. The molecule has 29 heavy (non-hydrogen) atoms. The zero-order valence-corrected chi connectivity index (χ0v) is 17.3. The molecule has 0 spiro atoms. The molecule has 0 aromatic heterocycles. The number of allylic oxidation sites excluding steroid dienone is 1. The Bertz CT molecular complexity index is 904. The Hall–Kier alpha value is -2.50. The predicted octanol–water partition coefficient (Wildman–Crippen LogP) is 4.98. The number of hydrogen-bond acceptors (Lipinski definition) is 5. The van der Waals surface area contributed by atoms with Gasteiger partial charge in [0.15, 0.2) is 5.78 Å². The van der Waals surface area contributed by atoms with E-state index in [1.807, 2.05) is 0 Å². The average Bonchev–Trinajstić information content (AvgIpc) is 2.73. The van der Waals surface area contributed by atoms with E-state index in [0.29, 0.717) is 29.2 Å². The molecule has 154 valence electrons. The minimum Gasteiger partial charge on any atom is -0.507 e. The molecule has 1 saturated carbocycles. The maximum absolute atomic E-state index is 12.9. The largest absolute Gasteiger partial charge is 0.507 e. The second kappa shape index (κ2) is 9.33. The van der Waals surface area contributed by atoms with Crippen LogP contribution >= 0.6 is 11.6 Å². The first-order valence-electron chi connectivity index (χ1n) is 9.60. The van der Waals surface area contributed by atoms with E-state index in [1.54, 1.807) is 36.4 Å². The van der Waals surface area contributed by atoms with Crippen LogP contribution in [0.5, 0.6) is 17.2 Å². The van der Waals surface area contributed by atoms with Gasteiger partial charge in [-0.15, -0.1) is 0 Å². The topological polar surface area (TPSA) is 76.0 Å². The highest BCUT2D eigenvalue weighted by Gasteiger charge is 2.33. The van der Waals surface area contributed by atoms with E-state index in [0.717, 1.165) is 18.4 Å². The summed E-state index contributed by atoms with van der Waals surface area (Å²) in [4.78, 5) is 12.9. The average molecular weight is 417 g/mol. The maximum Gasteiger partial charge on any atom is 0.193 e. The molecular formula is C23H25ClO5. The van der Waals surface area contributed by atoms with Gasteiger partial charge in [-0.1, -0.05) is 42.7 Å². The summed E-state index contributed by atoms with van der Waals surface area (Å²) in [6.45, 7) is 0. The van der Waals surface area contributed by atoms with Gasteiger partial charge in [0.25, 0.3) is 0 Å². The van der Waals surface area contributed by atoms with Crippen molar-refractivity contribution in [2.45, 2.75) is 37.7 Å². The van der Waals surface area contributed by atoms with E-state index < -0.39 is 11.9 Å². The van der Waals surface area contributed by atoms with Crippen molar-refractivity contribution in [3.63, 3.8) is 0 Å². The molecule has 1 aliphatic carbocycles. The van der Waals surface area contributed by atoms with E-state index in [2.05, 4.69) is 0 Å². The summed E-state index contributed by atoms with van der Waals surface area (Å²) in [5, 5.41) is 22.1. The van der Waals surface area contributed by atoms with Crippen LogP contribution in [0.3, 0.4) is 0 Å². The molecule has 2 atom stereocenters. The Morgan fingerprint density at radius 1 is 1.10 bits per heavy atom. The number of aromatic hydroxyl groups is 1. The molecule has 6 heteroatoms. The van der Waals surface area contributed by atoms with Crippen LogP contribution in [0.15, 0.2) is 36.4 Å². The molecule has 2 aromatic carbocycles. The zero-order chi connectivity index (χ0) is 21.0. The fourth-order valence-corrected chi connectivity index (χ4v) is 3.97. The number of rotatable bonds is 6. The normalized spacial score (nSPS) is 19.3. The van der Waals surface area contributed by atoms with Gasteiger partial charge in [-0.2, -0.15) is 0 Å². The highest BCUT2D eigenvalue weighted by Crippen LogP contribution is 2.47. The van der Waals surface area contributed by atoms with Crippen LogP contribution < -0.4 is 9.47 Å². The standard InChI is InChI=1S/C23H25ClO5/c1-28-19-13-20(29-2)22(18(26)12-9-14-7-10-15(24)11-8-14)23(27)21(19)16-5-3-4-6-17(16)25/h7-13,16-17,25,27H,3-6H2,1-2H3/b12-9+/t16-,17-/m1/s1. The van der Waals surface area contributed by atoms with Gasteiger partial charge < -0.3 is 19.7 Å². The Kier molecular flexibility index (Phi) is 6.83. The fourth-order valence-electron chi connectivity index (χ4n) is 3.84. The third-order valence-electron chi connectivity index (χ3n) is 5.35. The summed E-state index contributed by atoms with van der Waals surface area (Å²) < 4.78 is 10.8. The minimum atomic E-state index is -0.593. The van der Waals surface area contributed by atoms with Crippen molar-refractivity contribution >= 4 is 23.5 Å². The third kappa shape index (κ3) is 4.57. The molecule has 2 aromatic rings. The van der Waals surface area contributed by atoms with E-state index in [4.69, 9.17) is 21.1 Å². The van der Waals surface area contributed by atoms with E-state index in [1.165, 1.54) is 20.3 Å². The van der Waals surface area contributed by atoms with Gasteiger partial charge in [-0.05, 0) is 36.6 Å². The van der Waals surface area contributed by atoms with E-state index in [9.17, 15) is 15.0 Å². The molecule has 3 rings (SSSR count). The number of phenols is 1. The number of carbonyl (C=O) groups excluding carboxylic acids is 1. The van der Waals surface area contributed by atoms with Crippen molar-refractivity contribution in [1.82, 2.24) is 0 Å². The number of carbonyl (C=O) groups is 1. The summed E-state index contributed by atoms with van der Waals surface area (Å²) in [5.41, 5.74) is 1.33. The smallest absolute Gasteiger partial charge is 0.193 e. The second-order valence-electron chi connectivity index (χ2n) is 7.13. The molecule has 0 bridgehead atoms. The van der Waals surface area contributed by atoms with Crippen molar-refractivity contribution in [3.8, 4) is 17.2 Å². The Morgan fingerprint density at radius 3 is 2.38 bits per heavy atom. The van der Waals surface area contributed by atoms with Gasteiger partial charge in [-0.3, -0.25) is 4.79 Å². The van der Waals surface area contributed by atoms with Crippen LogP contribution in [0.2, 0.25) is 5.02 Å². The number of aliphatic hydroxyl groups is 1. The number of hydrogen-bond donors (Lipinski definition) is 2. The lowest BCUT2D eigenvalue weighted by atomic mass is 9.80. The lowest BCUT2D eigenvalue weighted by Gasteiger charge is -2.30. The quantitative estimate of drug-likeness (QED) is 0.513. The van der Waals surface area contributed by atoms with Gasteiger partial charge >= 0.3 is 0 Å². The molecule has 0 heterocycles. The lowest BCUT2D eigenvalue weighted by molar-refractivity contribution is 0.101. The predicted molar refractivity (Wildman–Crippen MR) is 113 cm³/mol. The number of benzene rings is 2. The number of phenolic OH excluding ortho intramolecular Hbond substituents is 1. The maximum atomic E-state index is 12.9. The fraction of sp³-hybridized carbons (Fsp3) is 0.348. The van der Waals surface area contributed by atoms with Gasteiger partial charge in [-0.25, -0.2) is 0 Å². The molecule has 0 unspecified atom stereocenters. The first-order chi connectivity index (χ1) is 14.0. The molecule has 0 radical (unpaired) electrons.